The highest BCUT2D eigenvalue weighted by Gasteiger charge is 2.12. The van der Waals surface area contributed by atoms with Crippen molar-refractivity contribution in [2.45, 2.75) is 25.1 Å². The smallest absolute Gasteiger partial charge is 0.224 e. The van der Waals surface area contributed by atoms with Gasteiger partial charge in [0.15, 0.2) is 0 Å². The number of halogens is 3. The summed E-state index contributed by atoms with van der Waals surface area (Å²) < 4.78 is 26.0. The second-order valence-corrected chi connectivity index (χ2v) is 5.65. The van der Waals surface area contributed by atoms with E-state index in [-0.39, 0.29) is 22.7 Å². The maximum atomic E-state index is 13.3. The Morgan fingerprint density at radius 1 is 1.39 bits per heavy atom. The molecule has 1 N–H and O–H groups in total. The third-order valence-corrected chi connectivity index (χ3v) is 3.96. The molecule has 100 valence electrons. The number of hydrogen-bond donors (Lipinski definition) is 1. The topological polar surface area (TPSA) is 29.1 Å². The number of alkyl halides is 1. The maximum absolute atomic E-state index is 13.3. The summed E-state index contributed by atoms with van der Waals surface area (Å²) in [7, 11) is 0. The molecule has 1 rings (SSSR count). The molecule has 0 aliphatic carbocycles. The lowest BCUT2D eigenvalue weighted by molar-refractivity contribution is -0.120. The predicted octanol–water partition coefficient (Wildman–Crippen LogP) is 3.04. The quantitative estimate of drug-likeness (QED) is 0.830. The second-order valence-electron chi connectivity index (χ2n) is 4.48. The first-order valence-electron chi connectivity index (χ1n) is 5.75. The average Bonchev–Trinajstić information content (AvgIpc) is 2.29. The number of nitrogens with one attached hydrogen (secondary N) is 1. The zero-order valence-electron chi connectivity index (χ0n) is 10.3. The van der Waals surface area contributed by atoms with Crippen LogP contribution in [0.4, 0.5) is 8.78 Å². The zero-order valence-corrected chi connectivity index (χ0v) is 11.9. The minimum Gasteiger partial charge on any atom is -0.355 e. The van der Waals surface area contributed by atoms with E-state index >= 15 is 0 Å². The van der Waals surface area contributed by atoms with Crippen LogP contribution < -0.4 is 5.32 Å². The third-order valence-electron chi connectivity index (χ3n) is 2.58. The summed E-state index contributed by atoms with van der Waals surface area (Å²) in [5.41, 5.74) is 0.199. The van der Waals surface area contributed by atoms with Gasteiger partial charge in [-0.05, 0) is 17.5 Å². The fourth-order valence-corrected chi connectivity index (χ4v) is 1.51. The molecule has 0 bridgehead atoms. The van der Waals surface area contributed by atoms with Crippen LogP contribution >= 0.6 is 15.9 Å². The minimum absolute atomic E-state index is 0.0794. The number of amides is 1. The van der Waals surface area contributed by atoms with Gasteiger partial charge < -0.3 is 5.32 Å². The van der Waals surface area contributed by atoms with Crippen LogP contribution in [0, 0.1) is 17.6 Å². The van der Waals surface area contributed by atoms with E-state index in [2.05, 4.69) is 21.2 Å². The maximum Gasteiger partial charge on any atom is 0.224 e. The summed E-state index contributed by atoms with van der Waals surface area (Å²) in [6.45, 7) is 4.55. The summed E-state index contributed by atoms with van der Waals surface area (Å²) in [6.07, 6.45) is -0.0794. The van der Waals surface area contributed by atoms with Gasteiger partial charge in [0.25, 0.3) is 0 Å². The van der Waals surface area contributed by atoms with Crippen molar-refractivity contribution in [2.24, 2.45) is 5.92 Å². The molecule has 0 aliphatic rings. The van der Waals surface area contributed by atoms with Crippen LogP contribution in [-0.2, 0) is 11.2 Å². The Kier molecular flexibility index (Phi) is 5.72. The van der Waals surface area contributed by atoms with E-state index in [1.165, 1.54) is 6.07 Å². The lowest BCUT2D eigenvalue weighted by Crippen LogP contribution is -2.32. The van der Waals surface area contributed by atoms with Gasteiger partial charge in [0.05, 0.1) is 6.42 Å². The standard InChI is InChI=1S/C13H16BrF2NO/c1-8(2)11(14)7-17-13(18)5-9-3-4-10(15)6-12(9)16/h3-4,6,8,11H,5,7H2,1-2H3,(H,17,18). The lowest BCUT2D eigenvalue weighted by Gasteiger charge is -2.14. The van der Waals surface area contributed by atoms with Gasteiger partial charge in [-0.25, -0.2) is 8.78 Å². The van der Waals surface area contributed by atoms with Crippen LogP contribution in [0.15, 0.2) is 18.2 Å². The Morgan fingerprint density at radius 3 is 2.61 bits per heavy atom. The first-order chi connectivity index (χ1) is 8.40. The number of carbonyl (C=O) groups is 1. The van der Waals surface area contributed by atoms with E-state index in [1.54, 1.807) is 0 Å². The van der Waals surface area contributed by atoms with Crippen molar-refractivity contribution >= 4 is 21.8 Å². The van der Waals surface area contributed by atoms with Crippen LogP contribution in [0.5, 0.6) is 0 Å². The molecule has 0 fully saturated rings. The fraction of sp³-hybridized carbons (Fsp3) is 0.462. The van der Waals surface area contributed by atoms with Gasteiger partial charge in [-0.15, -0.1) is 0 Å². The molecule has 0 heterocycles. The molecular weight excluding hydrogens is 304 g/mol. The molecule has 1 unspecified atom stereocenters. The first-order valence-corrected chi connectivity index (χ1v) is 6.66. The van der Waals surface area contributed by atoms with Gasteiger partial charge in [-0.2, -0.15) is 0 Å². The molecule has 1 aromatic carbocycles. The molecule has 1 atom stereocenters. The third kappa shape index (κ3) is 4.72. The van der Waals surface area contributed by atoms with Crippen LogP contribution in [0.1, 0.15) is 19.4 Å². The molecule has 1 amide bonds. The van der Waals surface area contributed by atoms with Crippen molar-refractivity contribution in [3.8, 4) is 0 Å². The normalized spacial score (nSPS) is 12.6. The molecule has 1 aromatic rings. The summed E-state index contributed by atoms with van der Waals surface area (Å²) in [5, 5.41) is 2.71. The van der Waals surface area contributed by atoms with Crippen molar-refractivity contribution in [3.63, 3.8) is 0 Å². The Morgan fingerprint density at radius 2 is 2.06 bits per heavy atom. The fourth-order valence-electron chi connectivity index (χ4n) is 1.35. The van der Waals surface area contributed by atoms with E-state index in [4.69, 9.17) is 0 Å². The van der Waals surface area contributed by atoms with Crippen LogP contribution in [-0.4, -0.2) is 17.3 Å². The SMILES string of the molecule is CC(C)C(Br)CNC(=O)Cc1ccc(F)cc1F. The van der Waals surface area contributed by atoms with Gasteiger partial charge >= 0.3 is 0 Å². The molecular formula is C13H16BrF2NO. The van der Waals surface area contributed by atoms with E-state index in [1.807, 2.05) is 13.8 Å². The second kappa shape index (κ2) is 6.83. The molecule has 18 heavy (non-hydrogen) atoms. The highest BCUT2D eigenvalue weighted by Crippen LogP contribution is 2.12. The van der Waals surface area contributed by atoms with Crippen molar-refractivity contribution in [3.05, 3.63) is 35.4 Å². The molecule has 0 saturated carbocycles. The monoisotopic (exact) mass is 319 g/mol. The van der Waals surface area contributed by atoms with Crippen LogP contribution in [0.2, 0.25) is 0 Å². The van der Waals surface area contributed by atoms with E-state index in [9.17, 15) is 13.6 Å². The van der Waals surface area contributed by atoms with Crippen LogP contribution in [0.3, 0.4) is 0 Å². The Labute approximate surface area is 114 Å². The highest BCUT2D eigenvalue weighted by molar-refractivity contribution is 9.09. The molecule has 0 saturated heterocycles. The van der Waals surface area contributed by atoms with Crippen molar-refractivity contribution < 1.29 is 13.6 Å². The van der Waals surface area contributed by atoms with E-state index in [0.717, 1.165) is 12.1 Å². The van der Waals surface area contributed by atoms with Crippen molar-refractivity contribution in [1.29, 1.82) is 0 Å². The molecule has 0 spiro atoms. The van der Waals surface area contributed by atoms with Gasteiger partial charge in [-0.3, -0.25) is 4.79 Å². The summed E-state index contributed by atoms with van der Waals surface area (Å²) in [6, 6.07) is 3.22. The largest absolute Gasteiger partial charge is 0.355 e. The molecule has 5 heteroatoms. The minimum atomic E-state index is -0.690. The predicted molar refractivity (Wildman–Crippen MR) is 70.6 cm³/mol. The van der Waals surface area contributed by atoms with Gasteiger partial charge in [0.1, 0.15) is 11.6 Å². The van der Waals surface area contributed by atoms with Crippen LogP contribution in [0.25, 0.3) is 0 Å². The molecule has 0 aliphatic heterocycles. The molecule has 2 nitrogen and oxygen atoms in total. The Balaban J connectivity index is 2.50. The number of benzene rings is 1. The van der Waals surface area contributed by atoms with Gasteiger partial charge in [0.2, 0.25) is 5.91 Å². The van der Waals surface area contributed by atoms with E-state index < -0.39 is 11.6 Å². The van der Waals surface area contributed by atoms with Crippen molar-refractivity contribution in [1.82, 2.24) is 5.32 Å². The number of carbonyl (C=O) groups excluding carboxylic acids is 1. The Bertz CT molecular complexity index is 423. The lowest BCUT2D eigenvalue weighted by atomic mass is 10.1. The summed E-state index contributed by atoms with van der Waals surface area (Å²) >= 11 is 3.44. The van der Waals surface area contributed by atoms with Crippen molar-refractivity contribution in [2.75, 3.05) is 6.54 Å². The molecule has 0 radical (unpaired) electrons. The summed E-state index contributed by atoms with van der Waals surface area (Å²) in [5.74, 6) is -1.21. The van der Waals surface area contributed by atoms with E-state index in [0.29, 0.717) is 12.5 Å². The van der Waals surface area contributed by atoms with Gasteiger partial charge in [-0.1, -0.05) is 35.8 Å². The number of hydrogen-bond acceptors (Lipinski definition) is 1. The highest BCUT2D eigenvalue weighted by atomic mass is 79.9. The zero-order chi connectivity index (χ0) is 13.7. The number of rotatable bonds is 5. The Hall–Kier alpha value is -0.970. The molecule has 0 aromatic heterocycles. The average molecular weight is 320 g/mol. The first kappa shape index (κ1) is 15.1. The summed E-state index contributed by atoms with van der Waals surface area (Å²) in [4.78, 5) is 11.8. The van der Waals surface area contributed by atoms with Gasteiger partial charge in [0, 0.05) is 17.4 Å².